The number of rotatable bonds is 17. The molecule has 0 spiro atoms. The Morgan fingerprint density at radius 2 is 1.61 bits per heavy atom. The van der Waals surface area contributed by atoms with Crippen molar-refractivity contribution in [3.8, 4) is 0 Å². The number of hydrogen-bond acceptors (Lipinski definition) is 10. The van der Waals surface area contributed by atoms with Crippen molar-refractivity contribution >= 4 is 38.2 Å². The normalized spacial score (nSPS) is 12.0. The lowest BCUT2D eigenvalue weighted by Crippen LogP contribution is -2.46. The summed E-state index contributed by atoms with van der Waals surface area (Å²) in [7, 11) is 4.62. The first-order chi connectivity index (χ1) is 17.4. The van der Waals surface area contributed by atoms with Crippen LogP contribution in [0.5, 0.6) is 0 Å². The predicted octanol–water partition coefficient (Wildman–Crippen LogP) is 3.25. The summed E-state index contributed by atoms with van der Waals surface area (Å²) in [4.78, 5) is 31.8. The largest absolute Gasteiger partial charge is 0.545 e. The van der Waals surface area contributed by atoms with Gasteiger partial charge in [-0.1, -0.05) is 14.4 Å². The van der Waals surface area contributed by atoms with E-state index >= 15 is 0 Å². The second-order valence-corrected chi connectivity index (χ2v) is 12.9. The summed E-state index contributed by atoms with van der Waals surface area (Å²) in [6.45, 7) is 9.73. The fourth-order valence-electron chi connectivity index (χ4n) is 3.04. The third-order valence-electron chi connectivity index (χ3n) is 6.19. The van der Waals surface area contributed by atoms with E-state index in [1.165, 1.54) is 0 Å². The topological polar surface area (TPSA) is 137 Å². The van der Waals surface area contributed by atoms with Crippen LogP contribution in [0.3, 0.4) is 0 Å². The van der Waals surface area contributed by atoms with Crippen LogP contribution in [0.25, 0.3) is 0 Å². The fourth-order valence-corrected chi connectivity index (χ4v) is 6.03. The smallest absolute Gasteiger partial charge is 0.500 e. The van der Waals surface area contributed by atoms with Gasteiger partial charge in [0.15, 0.2) is 0 Å². The number of nitrogens with zero attached hydrogens (tertiary/aromatic N) is 2. The van der Waals surface area contributed by atoms with E-state index in [0.29, 0.717) is 6.61 Å². The number of thioether (sulfide) groups is 1. The van der Waals surface area contributed by atoms with Gasteiger partial charge in [0, 0.05) is 45.3 Å². The highest BCUT2D eigenvalue weighted by molar-refractivity contribution is 7.99. The fraction of sp³-hybridized carbons (Fsp3) is 0.680. The Balaban J connectivity index is 0. The molecule has 1 atom stereocenters. The average Bonchev–Trinajstić information content (AvgIpc) is 2.91. The van der Waals surface area contributed by atoms with Gasteiger partial charge in [-0.2, -0.15) is 11.8 Å². The van der Waals surface area contributed by atoms with Gasteiger partial charge < -0.3 is 32.4 Å². The number of carboxylic acid groups (broad SMARTS) is 1. The van der Waals surface area contributed by atoms with Crippen molar-refractivity contribution in [3.63, 3.8) is 0 Å². The second kappa shape index (κ2) is 20.0. The highest BCUT2D eigenvalue weighted by Gasteiger charge is 2.36. The number of nitro groups is 1. The number of ether oxygens (including phenoxy) is 1. The van der Waals surface area contributed by atoms with Crippen LogP contribution in [-0.4, -0.2) is 96.3 Å². The van der Waals surface area contributed by atoms with Crippen LogP contribution in [0.2, 0.25) is 6.04 Å². The van der Waals surface area contributed by atoms with Crippen molar-refractivity contribution in [1.29, 1.82) is 0 Å². The number of esters is 1. The average molecular weight is 579 g/mol. The lowest BCUT2D eigenvalue weighted by atomic mass is 10.2. The van der Waals surface area contributed by atoms with Crippen molar-refractivity contribution < 1.29 is 42.1 Å². The van der Waals surface area contributed by atoms with Crippen molar-refractivity contribution in [1.82, 2.24) is 0 Å². The van der Waals surface area contributed by atoms with Gasteiger partial charge in [-0.05, 0) is 43.7 Å². The molecule has 0 N–H and O–H groups in total. The number of non-ortho nitro benzene ring substituents is 1. The van der Waals surface area contributed by atoms with E-state index in [9.17, 15) is 24.8 Å². The molecule has 0 aromatic heterocycles. The maximum absolute atomic E-state index is 12.1. The number of carbonyl (C=O) groups is 2. The molecule has 1 rings (SSSR count). The molecule has 0 aliphatic rings. The summed E-state index contributed by atoms with van der Waals surface area (Å²) in [5.41, 5.74) is -0.208. The zero-order chi connectivity index (χ0) is 28.5. The molecular formula is C25H46N2O9SSi. The number of quaternary nitrogens is 1. The summed E-state index contributed by atoms with van der Waals surface area (Å²) < 4.78 is 22.6. The molecule has 1 unspecified atom stereocenters. The number of carbonyl (C=O) groups excluding carboxylic acids is 2. The zero-order valence-corrected chi connectivity index (χ0v) is 24.8. The summed E-state index contributed by atoms with van der Waals surface area (Å²) in [5, 5.41) is 20.3. The Hall–Kier alpha value is -2.03. The molecule has 0 saturated heterocycles. The monoisotopic (exact) mass is 578 g/mol. The number of likely N-dealkylation sites (N-methyl/N-ethyl adjacent to an activating group) is 1. The van der Waals surface area contributed by atoms with Crippen LogP contribution in [-0.2, 0) is 22.8 Å². The number of benzene rings is 1. The predicted molar refractivity (Wildman–Crippen MR) is 150 cm³/mol. The summed E-state index contributed by atoms with van der Waals surface area (Å²) in [6.07, 6.45) is 0.941. The Morgan fingerprint density at radius 1 is 1.08 bits per heavy atom. The third-order valence-corrected chi connectivity index (χ3v) is 10.3. The van der Waals surface area contributed by atoms with Gasteiger partial charge in [-0.3, -0.25) is 14.9 Å². The van der Waals surface area contributed by atoms with Gasteiger partial charge in [-0.15, -0.1) is 0 Å². The number of nitro benzene ring substituents is 1. The second-order valence-electron chi connectivity index (χ2n) is 8.61. The molecule has 1 aromatic carbocycles. The molecule has 0 aliphatic heterocycles. The van der Waals surface area contributed by atoms with E-state index in [2.05, 4.69) is 20.9 Å². The third kappa shape index (κ3) is 14.2. The maximum Gasteiger partial charge on any atom is 0.500 e. The highest BCUT2D eigenvalue weighted by Crippen LogP contribution is 2.19. The summed E-state index contributed by atoms with van der Waals surface area (Å²) in [5.74, 6) is 0.198. The Kier molecular flexibility index (Phi) is 20.0. The van der Waals surface area contributed by atoms with E-state index in [4.69, 9.17) is 18.0 Å². The minimum absolute atomic E-state index is 0. The molecule has 220 valence electrons. The van der Waals surface area contributed by atoms with E-state index in [-0.39, 0.29) is 30.6 Å². The van der Waals surface area contributed by atoms with E-state index < -0.39 is 19.7 Å². The standard InChI is InChI=1S/C17H38NO5SSi.C7H5NO4.CH4/c1-8-18(4,9-2)11-12-23-17(19)16(3)15-24-13-10-14-25(20-5,21-6)22-7;9-7(10)5-1-3-6(4-2-5)8(11)12;/h16H,8-15H2,1-7H3;1-4H,(H,9,10);1H4/q+1;;/p-1. The molecule has 0 fully saturated rings. The van der Waals surface area contributed by atoms with Gasteiger partial charge in [-0.25, -0.2) is 0 Å². The number of aromatic carboxylic acids is 1. The summed E-state index contributed by atoms with van der Waals surface area (Å²) in [6, 6.07) is 5.28. The lowest BCUT2D eigenvalue weighted by Gasteiger charge is -2.31. The van der Waals surface area contributed by atoms with Crippen LogP contribution >= 0.6 is 11.8 Å². The Bertz CT molecular complexity index is 778. The van der Waals surface area contributed by atoms with Gasteiger partial charge in [0.2, 0.25) is 0 Å². The molecule has 11 nitrogen and oxygen atoms in total. The van der Waals surface area contributed by atoms with Crippen molar-refractivity contribution in [3.05, 3.63) is 39.9 Å². The molecule has 13 heteroatoms. The van der Waals surface area contributed by atoms with E-state index in [0.717, 1.165) is 72.4 Å². The van der Waals surface area contributed by atoms with Crippen LogP contribution in [0.4, 0.5) is 5.69 Å². The van der Waals surface area contributed by atoms with Crippen LogP contribution in [0.1, 0.15) is 45.0 Å². The zero-order valence-electron chi connectivity index (χ0n) is 23.0. The SMILES string of the molecule is C.CC[N+](C)(CC)CCOC(=O)C(C)CSCCC[Si](OC)(OC)OC.O=C([O-])c1ccc([N+](=O)[O-])cc1. The highest BCUT2D eigenvalue weighted by atomic mass is 32.2. The van der Waals surface area contributed by atoms with Crippen LogP contribution < -0.4 is 5.11 Å². The molecular weight excluding hydrogens is 532 g/mol. The van der Waals surface area contributed by atoms with Gasteiger partial charge in [0.25, 0.3) is 5.69 Å². The molecule has 38 heavy (non-hydrogen) atoms. The van der Waals surface area contributed by atoms with E-state index in [1.807, 2.05) is 6.92 Å². The molecule has 0 bridgehead atoms. The number of hydrogen-bond donors (Lipinski definition) is 0. The van der Waals surface area contributed by atoms with Gasteiger partial charge in [0.1, 0.15) is 13.2 Å². The quantitative estimate of drug-likeness (QED) is 0.0676. The molecule has 0 amide bonds. The van der Waals surface area contributed by atoms with Crippen LogP contribution in [0.15, 0.2) is 24.3 Å². The van der Waals surface area contributed by atoms with Crippen molar-refractivity contribution in [2.45, 2.75) is 40.7 Å². The molecule has 0 radical (unpaired) electrons. The minimum atomic E-state index is -2.47. The minimum Gasteiger partial charge on any atom is -0.545 e. The molecule has 0 saturated carbocycles. The first-order valence-corrected chi connectivity index (χ1v) is 15.2. The Morgan fingerprint density at radius 3 is 2.03 bits per heavy atom. The van der Waals surface area contributed by atoms with Crippen molar-refractivity contribution in [2.24, 2.45) is 5.92 Å². The molecule has 0 heterocycles. The molecule has 0 aliphatic carbocycles. The van der Waals surface area contributed by atoms with Gasteiger partial charge in [0.05, 0.1) is 36.9 Å². The molecule has 1 aromatic rings. The van der Waals surface area contributed by atoms with E-state index in [1.54, 1.807) is 33.1 Å². The number of carboxylic acids is 1. The van der Waals surface area contributed by atoms with Crippen molar-refractivity contribution in [2.75, 3.05) is 66.1 Å². The maximum atomic E-state index is 12.1. The van der Waals surface area contributed by atoms with Crippen LogP contribution in [0, 0.1) is 16.0 Å². The summed E-state index contributed by atoms with van der Waals surface area (Å²) >= 11 is 1.76. The first kappa shape index (κ1) is 38.1. The van der Waals surface area contributed by atoms with Gasteiger partial charge >= 0.3 is 14.8 Å². The first-order valence-electron chi connectivity index (χ1n) is 12.1. The Labute approximate surface area is 232 Å². The lowest BCUT2D eigenvalue weighted by molar-refractivity contribution is -0.906.